The van der Waals surface area contributed by atoms with Crippen molar-refractivity contribution in [3.8, 4) is 0 Å². The topological polar surface area (TPSA) is 20.2 Å². The van der Waals surface area contributed by atoms with Gasteiger partial charge in [0, 0.05) is 12.0 Å². The zero-order valence-electron chi connectivity index (χ0n) is 5.28. The lowest BCUT2D eigenvalue weighted by Gasteiger charge is -1.81. The minimum absolute atomic E-state index is 1.00. The van der Waals surface area contributed by atoms with Crippen LogP contribution in [0.5, 0.6) is 0 Å². The predicted molar refractivity (Wildman–Crippen MR) is 41.8 cm³/mol. The van der Waals surface area contributed by atoms with Gasteiger partial charge in [0.05, 0.1) is 0 Å². The molecule has 0 unspecified atom stereocenters. The number of thiol groups is 1. The van der Waals surface area contributed by atoms with E-state index in [0.717, 1.165) is 12.0 Å². The van der Waals surface area contributed by atoms with Crippen LogP contribution in [-0.2, 0) is 0 Å². The number of aliphatic hydroxyl groups is 1. The van der Waals surface area contributed by atoms with E-state index in [0.29, 0.717) is 0 Å². The highest BCUT2D eigenvalue weighted by molar-refractivity contribution is 7.80. The number of aliphatic hydroxyl groups excluding tert-OH is 1. The highest BCUT2D eigenvalue weighted by Gasteiger charge is 1.73. The maximum absolute atomic E-state index is 7.00. The van der Waals surface area contributed by atoms with Crippen molar-refractivity contribution in [1.29, 1.82) is 0 Å². The first-order chi connectivity index (χ1) is 4.39. The largest absolute Gasteiger partial charge is 0.400 e. The Labute approximate surface area is 60.8 Å². The molecule has 1 aromatic carbocycles. The van der Waals surface area contributed by atoms with E-state index in [9.17, 15) is 0 Å². The van der Waals surface area contributed by atoms with E-state index in [4.69, 9.17) is 5.11 Å². The zero-order valence-corrected chi connectivity index (χ0v) is 6.18. The standard InChI is InChI=1S/C6H6S.CH4O/c7-6-4-2-1-3-5-6;1-2/h1-5,7H;2H,1H3. The van der Waals surface area contributed by atoms with Crippen molar-refractivity contribution < 1.29 is 5.11 Å². The van der Waals surface area contributed by atoms with Gasteiger partial charge in [-0.15, -0.1) is 12.6 Å². The summed E-state index contributed by atoms with van der Waals surface area (Å²) in [5.41, 5.74) is 0. The molecule has 0 aromatic heterocycles. The molecule has 1 rings (SSSR count). The van der Waals surface area contributed by atoms with Gasteiger partial charge in [0.2, 0.25) is 0 Å². The molecule has 50 valence electrons. The number of benzene rings is 1. The Balaban J connectivity index is 0.000000291. The van der Waals surface area contributed by atoms with Crippen LogP contribution in [0.15, 0.2) is 35.2 Å². The maximum Gasteiger partial charge on any atom is 0.0319 e. The van der Waals surface area contributed by atoms with Crippen molar-refractivity contribution in [2.45, 2.75) is 4.90 Å². The zero-order chi connectivity index (χ0) is 7.11. The van der Waals surface area contributed by atoms with Gasteiger partial charge in [-0.1, -0.05) is 18.2 Å². The van der Waals surface area contributed by atoms with Crippen LogP contribution < -0.4 is 0 Å². The van der Waals surface area contributed by atoms with Crippen LogP contribution in [0.4, 0.5) is 0 Å². The van der Waals surface area contributed by atoms with Gasteiger partial charge in [-0.2, -0.15) is 0 Å². The van der Waals surface area contributed by atoms with Crippen LogP contribution in [0.1, 0.15) is 0 Å². The van der Waals surface area contributed by atoms with E-state index in [1.54, 1.807) is 0 Å². The van der Waals surface area contributed by atoms with Gasteiger partial charge in [0.1, 0.15) is 0 Å². The summed E-state index contributed by atoms with van der Waals surface area (Å²) in [6.07, 6.45) is 0. The lowest BCUT2D eigenvalue weighted by molar-refractivity contribution is 0.399. The van der Waals surface area contributed by atoms with Gasteiger partial charge in [0.25, 0.3) is 0 Å². The fourth-order valence-corrected chi connectivity index (χ4v) is 0.600. The van der Waals surface area contributed by atoms with E-state index in [2.05, 4.69) is 12.6 Å². The molecule has 0 atom stereocenters. The quantitative estimate of drug-likeness (QED) is 0.527. The predicted octanol–water partition coefficient (Wildman–Crippen LogP) is 1.58. The second-order valence-corrected chi connectivity index (χ2v) is 1.85. The van der Waals surface area contributed by atoms with Gasteiger partial charge >= 0.3 is 0 Å². The van der Waals surface area contributed by atoms with Gasteiger partial charge < -0.3 is 5.11 Å². The third-order valence-corrected chi connectivity index (χ3v) is 1.05. The normalized spacial score (nSPS) is 7.44. The van der Waals surface area contributed by atoms with Crippen molar-refractivity contribution in [2.75, 3.05) is 7.11 Å². The molecule has 0 amide bonds. The second-order valence-electron chi connectivity index (χ2n) is 1.34. The molecule has 0 heterocycles. The molecule has 0 aliphatic heterocycles. The van der Waals surface area contributed by atoms with Gasteiger partial charge in [-0.25, -0.2) is 0 Å². The minimum atomic E-state index is 1.00. The molecule has 0 aliphatic carbocycles. The summed E-state index contributed by atoms with van der Waals surface area (Å²) in [6, 6.07) is 9.79. The molecule has 0 saturated heterocycles. The maximum atomic E-state index is 7.00. The molecule has 0 spiro atoms. The number of hydrogen-bond acceptors (Lipinski definition) is 2. The highest BCUT2D eigenvalue weighted by atomic mass is 32.1. The van der Waals surface area contributed by atoms with E-state index >= 15 is 0 Å². The van der Waals surface area contributed by atoms with Crippen LogP contribution >= 0.6 is 12.6 Å². The lowest BCUT2D eigenvalue weighted by atomic mass is 10.4. The van der Waals surface area contributed by atoms with Crippen LogP contribution in [-0.4, -0.2) is 12.2 Å². The van der Waals surface area contributed by atoms with E-state index in [1.165, 1.54) is 0 Å². The summed E-state index contributed by atoms with van der Waals surface area (Å²) < 4.78 is 0. The van der Waals surface area contributed by atoms with Gasteiger partial charge in [-0.05, 0) is 12.1 Å². The second kappa shape index (κ2) is 5.66. The van der Waals surface area contributed by atoms with E-state index in [-0.39, 0.29) is 0 Å². The van der Waals surface area contributed by atoms with E-state index in [1.807, 2.05) is 30.3 Å². The van der Waals surface area contributed by atoms with Crippen LogP contribution in [0, 0.1) is 0 Å². The number of hydrogen-bond donors (Lipinski definition) is 2. The summed E-state index contributed by atoms with van der Waals surface area (Å²) in [5, 5.41) is 7.00. The van der Waals surface area contributed by atoms with E-state index < -0.39 is 0 Å². The first-order valence-corrected chi connectivity index (χ1v) is 3.03. The molecular weight excluding hydrogens is 132 g/mol. The molecule has 1 nitrogen and oxygen atoms in total. The number of rotatable bonds is 0. The summed E-state index contributed by atoms with van der Waals surface area (Å²) in [5.74, 6) is 0. The fourth-order valence-electron chi connectivity index (χ4n) is 0.428. The smallest absolute Gasteiger partial charge is 0.0319 e. The van der Waals surface area contributed by atoms with Crippen molar-refractivity contribution in [3.63, 3.8) is 0 Å². The molecule has 1 N–H and O–H groups in total. The average molecular weight is 142 g/mol. The summed E-state index contributed by atoms with van der Waals surface area (Å²) in [6.45, 7) is 0. The Morgan fingerprint density at radius 1 is 1.11 bits per heavy atom. The Morgan fingerprint density at radius 2 is 1.56 bits per heavy atom. The Morgan fingerprint density at radius 3 is 1.78 bits per heavy atom. The van der Waals surface area contributed by atoms with Crippen molar-refractivity contribution in [1.82, 2.24) is 0 Å². The Bertz CT molecular complexity index is 139. The molecule has 0 fully saturated rings. The van der Waals surface area contributed by atoms with Gasteiger partial charge in [0.15, 0.2) is 0 Å². The highest BCUT2D eigenvalue weighted by Crippen LogP contribution is 2.00. The lowest BCUT2D eigenvalue weighted by Crippen LogP contribution is -1.56. The third-order valence-electron chi connectivity index (χ3n) is 0.756. The summed E-state index contributed by atoms with van der Waals surface area (Å²) in [7, 11) is 1.00. The molecule has 9 heavy (non-hydrogen) atoms. The molecule has 0 bridgehead atoms. The SMILES string of the molecule is CO.Sc1ccccc1. The molecule has 1 aromatic rings. The summed E-state index contributed by atoms with van der Waals surface area (Å²) in [4.78, 5) is 1.02. The molecule has 0 radical (unpaired) electrons. The average Bonchev–Trinajstić information content (AvgIpc) is 1.94. The Hall–Kier alpha value is -0.470. The fraction of sp³-hybridized carbons (Fsp3) is 0.143. The molecular formula is C7H10OS. The minimum Gasteiger partial charge on any atom is -0.400 e. The van der Waals surface area contributed by atoms with Crippen LogP contribution in [0.25, 0.3) is 0 Å². The van der Waals surface area contributed by atoms with Crippen molar-refractivity contribution >= 4 is 12.6 Å². The third kappa shape index (κ3) is 4.06. The van der Waals surface area contributed by atoms with Gasteiger partial charge in [-0.3, -0.25) is 0 Å². The Kier molecular flexibility index (Phi) is 5.37. The first kappa shape index (κ1) is 8.53. The van der Waals surface area contributed by atoms with Crippen molar-refractivity contribution in [2.24, 2.45) is 0 Å². The molecule has 0 saturated carbocycles. The molecule has 0 aliphatic rings. The van der Waals surface area contributed by atoms with Crippen LogP contribution in [0.2, 0.25) is 0 Å². The summed E-state index contributed by atoms with van der Waals surface area (Å²) >= 11 is 4.08. The van der Waals surface area contributed by atoms with Crippen LogP contribution in [0.3, 0.4) is 0 Å². The monoisotopic (exact) mass is 142 g/mol. The first-order valence-electron chi connectivity index (χ1n) is 2.58. The molecule has 2 heteroatoms. The van der Waals surface area contributed by atoms with Crippen molar-refractivity contribution in [3.05, 3.63) is 30.3 Å².